The highest BCUT2D eigenvalue weighted by molar-refractivity contribution is 7.89. The predicted octanol–water partition coefficient (Wildman–Crippen LogP) is -0.714. The highest BCUT2D eigenvalue weighted by atomic mass is 32.2. The molecular formula is C8H8N2O3S. The predicted molar refractivity (Wildman–Crippen MR) is 51.1 cm³/mol. The third-order valence-electron chi connectivity index (χ3n) is 1.43. The molecule has 1 aromatic heterocycles. The van der Waals surface area contributed by atoms with E-state index in [4.69, 9.17) is 6.42 Å². The minimum atomic E-state index is -3.60. The smallest absolute Gasteiger partial charge is 0.247 e. The zero-order chi connectivity index (χ0) is 10.6. The first-order valence-corrected chi connectivity index (χ1v) is 5.16. The van der Waals surface area contributed by atoms with E-state index in [1.165, 1.54) is 6.07 Å². The van der Waals surface area contributed by atoms with Crippen LogP contribution in [0.3, 0.4) is 0 Å². The maximum Gasteiger partial charge on any atom is 0.247 e. The molecule has 0 saturated carbocycles. The van der Waals surface area contributed by atoms with Gasteiger partial charge in [0.1, 0.15) is 0 Å². The molecule has 2 N–H and O–H groups in total. The Balaban J connectivity index is 3.00. The summed E-state index contributed by atoms with van der Waals surface area (Å²) in [6.07, 6.45) is 6.02. The van der Waals surface area contributed by atoms with E-state index in [0.717, 1.165) is 12.3 Å². The topological polar surface area (TPSA) is 79.0 Å². The van der Waals surface area contributed by atoms with Crippen LogP contribution in [-0.2, 0) is 10.0 Å². The average Bonchev–Trinajstić information content (AvgIpc) is 2.16. The van der Waals surface area contributed by atoms with Crippen LogP contribution in [0.4, 0.5) is 0 Å². The second-order valence-electron chi connectivity index (χ2n) is 2.42. The normalized spacial score (nSPS) is 10.8. The fraction of sp³-hybridized carbons (Fsp3) is 0.125. The van der Waals surface area contributed by atoms with Gasteiger partial charge in [0.05, 0.1) is 11.4 Å². The number of aromatic amines is 1. The van der Waals surface area contributed by atoms with Crippen molar-refractivity contribution in [3.63, 3.8) is 0 Å². The number of nitrogens with one attached hydrogen (secondary N) is 2. The Morgan fingerprint density at radius 1 is 1.50 bits per heavy atom. The molecule has 0 amide bonds. The number of pyridine rings is 1. The molecule has 1 aromatic rings. The van der Waals surface area contributed by atoms with Crippen LogP contribution >= 0.6 is 0 Å². The van der Waals surface area contributed by atoms with Crippen LogP contribution in [0, 0.1) is 12.3 Å². The van der Waals surface area contributed by atoms with Crippen molar-refractivity contribution in [1.29, 1.82) is 0 Å². The molecule has 0 aromatic carbocycles. The van der Waals surface area contributed by atoms with E-state index in [1.54, 1.807) is 0 Å². The Bertz CT molecular complexity index is 490. The van der Waals surface area contributed by atoms with Crippen LogP contribution in [0.25, 0.3) is 0 Å². The number of H-pyrrole nitrogens is 1. The van der Waals surface area contributed by atoms with Gasteiger partial charge in [-0.3, -0.25) is 4.79 Å². The molecular weight excluding hydrogens is 204 g/mol. The van der Waals surface area contributed by atoms with Crippen molar-refractivity contribution in [2.24, 2.45) is 0 Å². The first-order valence-electron chi connectivity index (χ1n) is 3.68. The lowest BCUT2D eigenvalue weighted by molar-refractivity contribution is 0.585. The van der Waals surface area contributed by atoms with Crippen molar-refractivity contribution in [3.8, 4) is 12.3 Å². The van der Waals surface area contributed by atoms with E-state index in [9.17, 15) is 13.2 Å². The molecule has 74 valence electrons. The molecule has 0 aliphatic heterocycles. The van der Waals surface area contributed by atoms with Gasteiger partial charge in [0, 0.05) is 12.3 Å². The van der Waals surface area contributed by atoms with Crippen molar-refractivity contribution in [1.82, 2.24) is 9.71 Å². The Hall–Kier alpha value is -1.58. The largest absolute Gasteiger partial charge is 0.328 e. The zero-order valence-corrected chi connectivity index (χ0v) is 7.97. The molecule has 6 heteroatoms. The average molecular weight is 212 g/mol. The molecule has 5 nitrogen and oxygen atoms in total. The highest BCUT2D eigenvalue weighted by Gasteiger charge is 2.11. The van der Waals surface area contributed by atoms with Gasteiger partial charge in [-0.05, 0) is 6.07 Å². The van der Waals surface area contributed by atoms with E-state index in [-0.39, 0.29) is 17.0 Å². The summed E-state index contributed by atoms with van der Waals surface area (Å²) in [5, 5.41) is 0. The van der Waals surface area contributed by atoms with E-state index in [0.29, 0.717) is 0 Å². The van der Waals surface area contributed by atoms with Crippen molar-refractivity contribution in [2.45, 2.75) is 4.90 Å². The standard InChI is InChI=1S/C8H8N2O3S/c1-2-5-10-14(12,13)7-3-4-8(11)9-6-7/h1,3-4,6,10H,5H2,(H,9,11). The molecule has 0 aliphatic rings. The third-order valence-corrected chi connectivity index (χ3v) is 2.83. The molecule has 0 atom stereocenters. The fourth-order valence-electron chi connectivity index (χ4n) is 0.783. The number of rotatable bonds is 3. The van der Waals surface area contributed by atoms with Crippen LogP contribution in [0.15, 0.2) is 28.0 Å². The summed E-state index contributed by atoms with van der Waals surface area (Å²) in [4.78, 5) is 12.9. The first-order chi connectivity index (χ1) is 6.56. The highest BCUT2D eigenvalue weighted by Crippen LogP contribution is 2.02. The minimum Gasteiger partial charge on any atom is -0.328 e. The van der Waals surface area contributed by atoms with Gasteiger partial charge in [-0.25, -0.2) is 8.42 Å². The summed E-state index contributed by atoms with van der Waals surface area (Å²) in [6.45, 7) is -0.0819. The third kappa shape index (κ3) is 2.45. The summed E-state index contributed by atoms with van der Waals surface area (Å²) in [5.41, 5.74) is -0.360. The summed E-state index contributed by atoms with van der Waals surface area (Å²) in [7, 11) is -3.60. The summed E-state index contributed by atoms with van der Waals surface area (Å²) in [5.74, 6) is 2.14. The quantitative estimate of drug-likeness (QED) is 0.649. The van der Waals surface area contributed by atoms with Crippen LogP contribution in [-0.4, -0.2) is 19.9 Å². The van der Waals surface area contributed by atoms with Gasteiger partial charge in [0.2, 0.25) is 15.6 Å². The number of hydrogen-bond acceptors (Lipinski definition) is 3. The van der Waals surface area contributed by atoms with Crippen LogP contribution in [0.2, 0.25) is 0 Å². The summed E-state index contributed by atoms with van der Waals surface area (Å²) in [6, 6.07) is 2.34. The van der Waals surface area contributed by atoms with E-state index >= 15 is 0 Å². The monoisotopic (exact) mass is 212 g/mol. The van der Waals surface area contributed by atoms with Crippen molar-refractivity contribution in [3.05, 3.63) is 28.7 Å². The van der Waals surface area contributed by atoms with Crippen molar-refractivity contribution >= 4 is 10.0 Å². The Kier molecular flexibility index (Phi) is 3.06. The van der Waals surface area contributed by atoms with E-state index < -0.39 is 10.0 Å². The van der Waals surface area contributed by atoms with Crippen LogP contribution in [0.1, 0.15) is 0 Å². The molecule has 0 unspecified atom stereocenters. The molecule has 0 aliphatic carbocycles. The maximum absolute atomic E-state index is 11.4. The molecule has 0 radical (unpaired) electrons. The van der Waals surface area contributed by atoms with Crippen molar-refractivity contribution < 1.29 is 8.42 Å². The number of terminal acetylenes is 1. The Morgan fingerprint density at radius 2 is 2.21 bits per heavy atom. The second kappa shape index (κ2) is 4.09. The summed E-state index contributed by atoms with van der Waals surface area (Å²) >= 11 is 0. The first kappa shape index (κ1) is 10.5. The minimum absolute atomic E-state index is 0.0210. The maximum atomic E-state index is 11.4. The van der Waals surface area contributed by atoms with E-state index in [2.05, 4.69) is 15.6 Å². The molecule has 0 bridgehead atoms. The number of sulfonamides is 1. The number of aromatic nitrogens is 1. The van der Waals surface area contributed by atoms with Gasteiger partial charge in [-0.2, -0.15) is 4.72 Å². The molecule has 0 fully saturated rings. The lowest BCUT2D eigenvalue weighted by Crippen LogP contribution is -2.24. The fourth-order valence-corrected chi connectivity index (χ4v) is 1.68. The van der Waals surface area contributed by atoms with Gasteiger partial charge in [0.25, 0.3) is 0 Å². The van der Waals surface area contributed by atoms with Crippen LogP contribution < -0.4 is 10.3 Å². The van der Waals surface area contributed by atoms with Gasteiger partial charge in [-0.15, -0.1) is 6.42 Å². The molecule has 1 heterocycles. The molecule has 14 heavy (non-hydrogen) atoms. The lowest BCUT2D eigenvalue weighted by Gasteiger charge is -2.01. The van der Waals surface area contributed by atoms with Gasteiger partial charge < -0.3 is 4.98 Å². The van der Waals surface area contributed by atoms with Gasteiger partial charge in [0.15, 0.2) is 0 Å². The van der Waals surface area contributed by atoms with Crippen molar-refractivity contribution in [2.75, 3.05) is 6.54 Å². The lowest BCUT2D eigenvalue weighted by atomic mass is 10.5. The Labute approximate surface area is 81.2 Å². The summed E-state index contributed by atoms with van der Waals surface area (Å²) < 4.78 is 24.9. The van der Waals surface area contributed by atoms with E-state index in [1.807, 2.05) is 0 Å². The molecule has 0 spiro atoms. The zero-order valence-electron chi connectivity index (χ0n) is 7.15. The SMILES string of the molecule is C#CCNS(=O)(=O)c1ccc(=O)[nH]c1. The molecule has 1 rings (SSSR count). The van der Waals surface area contributed by atoms with Gasteiger partial charge in [-0.1, -0.05) is 5.92 Å². The van der Waals surface area contributed by atoms with Crippen LogP contribution in [0.5, 0.6) is 0 Å². The number of hydrogen-bond donors (Lipinski definition) is 2. The Morgan fingerprint density at radius 3 is 2.71 bits per heavy atom. The second-order valence-corrected chi connectivity index (χ2v) is 4.18. The molecule has 0 saturated heterocycles. The van der Waals surface area contributed by atoms with Gasteiger partial charge >= 0.3 is 0 Å².